The molecular formula is C7H6BF2-. The van der Waals surface area contributed by atoms with Gasteiger partial charge in [-0.1, -0.05) is 12.1 Å². The Hall–Kier alpha value is -0.855. The van der Waals surface area contributed by atoms with E-state index in [1.807, 2.05) is 0 Å². The van der Waals surface area contributed by atoms with Crippen LogP contribution in [-0.4, -0.2) is 7.28 Å². The summed E-state index contributed by atoms with van der Waals surface area (Å²) in [5.74, 6) is -1.07. The molecule has 0 aliphatic heterocycles. The van der Waals surface area contributed by atoms with Crippen LogP contribution in [0.5, 0.6) is 0 Å². The molecule has 1 rings (SSSR count). The van der Waals surface area contributed by atoms with Gasteiger partial charge in [-0.3, -0.25) is 5.46 Å². The molecule has 3 heteroatoms. The summed E-state index contributed by atoms with van der Waals surface area (Å²) < 4.78 is 24.7. The van der Waals surface area contributed by atoms with Crippen LogP contribution in [0.2, 0.25) is 6.82 Å². The van der Waals surface area contributed by atoms with E-state index in [2.05, 4.69) is 0 Å². The lowest BCUT2D eigenvalue weighted by atomic mass is 9.73. The Labute approximate surface area is 59.1 Å². The van der Waals surface area contributed by atoms with Crippen molar-refractivity contribution >= 4 is 12.7 Å². The topological polar surface area (TPSA) is 0 Å². The molecule has 0 amide bonds. The van der Waals surface area contributed by atoms with Crippen molar-refractivity contribution in [1.82, 2.24) is 0 Å². The largest absolute Gasteiger partial charge is 0.301 e. The zero-order valence-corrected chi connectivity index (χ0v) is 5.57. The highest BCUT2D eigenvalue weighted by Gasteiger charge is 1.90. The summed E-state index contributed by atoms with van der Waals surface area (Å²) in [6.07, 6.45) is 0. The van der Waals surface area contributed by atoms with Crippen LogP contribution in [-0.2, 0) is 0 Å². The minimum Gasteiger partial charge on any atom is -0.301 e. The van der Waals surface area contributed by atoms with Crippen LogP contribution in [0.15, 0.2) is 18.2 Å². The van der Waals surface area contributed by atoms with E-state index in [-0.39, 0.29) is 0 Å². The fraction of sp³-hybridized carbons (Fsp3) is 0.143. The Bertz CT molecular complexity index is 215. The van der Waals surface area contributed by atoms with Gasteiger partial charge in [0.2, 0.25) is 0 Å². The third kappa shape index (κ3) is 1.56. The van der Waals surface area contributed by atoms with E-state index in [4.69, 9.17) is 0 Å². The molecule has 1 aromatic carbocycles. The highest BCUT2D eigenvalue weighted by molar-refractivity contribution is 6.51. The molecule has 0 fully saturated rings. The van der Waals surface area contributed by atoms with Gasteiger partial charge < -0.3 is 7.28 Å². The Balaban J connectivity index is 3.06. The van der Waals surface area contributed by atoms with Crippen LogP contribution >= 0.6 is 0 Å². The normalized spacial score (nSPS) is 9.90. The Morgan fingerprint density at radius 3 is 2.00 bits per heavy atom. The molecule has 0 nitrogen and oxygen atoms in total. The van der Waals surface area contributed by atoms with E-state index in [9.17, 15) is 8.78 Å². The van der Waals surface area contributed by atoms with Gasteiger partial charge in [-0.25, -0.2) is 15.6 Å². The highest BCUT2D eigenvalue weighted by Crippen LogP contribution is 1.98. The van der Waals surface area contributed by atoms with Crippen LogP contribution in [0.25, 0.3) is 0 Å². The van der Waals surface area contributed by atoms with Crippen LogP contribution in [0.1, 0.15) is 0 Å². The van der Waals surface area contributed by atoms with E-state index in [0.717, 1.165) is 6.07 Å². The molecule has 1 aromatic rings. The maximum absolute atomic E-state index is 12.4. The monoisotopic (exact) mass is 139 g/mol. The first-order chi connectivity index (χ1) is 4.72. The second-order valence-corrected chi connectivity index (χ2v) is 1.99. The summed E-state index contributed by atoms with van der Waals surface area (Å²) in [5.41, 5.74) is 0.567. The minimum atomic E-state index is -0.534. The molecule has 0 bridgehead atoms. The summed E-state index contributed by atoms with van der Waals surface area (Å²) in [6.45, 7) is 1.73. The van der Waals surface area contributed by atoms with Crippen LogP contribution < -0.4 is 5.46 Å². The SMILES string of the molecule is C[B-]c1cc(F)cc(F)c1. The van der Waals surface area contributed by atoms with Crippen LogP contribution in [0.3, 0.4) is 0 Å². The summed E-state index contributed by atoms with van der Waals surface area (Å²) >= 11 is 0. The van der Waals surface area contributed by atoms with Gasteiger partial charge in [0.15, 0.2) is 0 Å². The minimum absolute atomic E-state index is 0.534. The molecule has 0 heterocycles. The Morgan fingerprint density at radius 2 is 1.60 bits per heavy atom. The lowest BCUT2D eigenvalue weighted by Crippen LogP contribution is -2.11. The maximum atomic E-state index is 12.4. The number of rotatable bonds is 1. The summed E-state index contributed by atoms with van der Waals surface area (Å²) in [5, 5.41) is 0. The summed E-state index contributed by atoms with van der Waals surface area (Å²) in [7, 11) is 1.64. The average Bonchev–Trinajstić information content (AvgIpc) is 1.85. The smallest absolute Gasteiger partial charge is 0.122 e. The molecule has 0 spiro atoms. The van der Waals surface area contributed by atoms with Crippen LogP contribution in [0.4, 0.5) is 8.78 Å². The maximum Gasteiger partial charge on any atom is 0.122 e. The lowest BCUT2D eigenvalue weighted by molar-refractivity contribution is 0.585. The number of benzene rings is 1. The van der Waals surface area contributed by atoms with E-state index in [1.54, 1.807) is 14.1 Å². The average molecular weight is 139 g/mol. The van der Waals surface area contributed by atoms with Gasteiger partial charge in [0.1, 0.15) is 11.6 Å². The van der Waals surface area contributed by atoms with E-state index in [0.29, 0.717) is 5.46 Å². The van der Waals surface area contributed by atoms with Gasteiger partial charge in [-0.2, -0.15) is 0 Å². The van der Waals surface area contributed by atoms with Crippen LogP contribution in [0, 0.1) is 11.6 Å². The van der Waals surface area contributed by atoms with Crippen molar-refractivity contribution in [2.24, 2.45) is 0 Å². The van der Waals surface area contributed by atoms with E-state index in [1.165, 1.54) is 12.1 Å². The van der Waals surface area contributed by atoms with Gasteiger partial charge >= 0.3 is 0 Å². The second kappa shape index (κ2) is 2.82. The van der Waals surface area contributed by atoms with Gasteiger partial charge in [0.25, 0.3) is 0 Å². The van der Waals surface area contributed by atoms with Crippen molar-refractivity contribution in [3.8, 4) is 0 Å². The Morgan fingerprint density at radius 1 is 1.10 bits per heavy atom. The second-order valence-electron chi connectivity index (χ2n) is 1.99. The quantitative estimate of drug-likeness (QED) is 0.515. The molecule has 52 valence electrons. The first kappa shape index (κ1) is 7.25. The zero-order chi connectivity index (χ0) is 7.56. The molecule has 0 aliphatic rings. The molecule has 0 N–H and O–H groups in total. The molecule has 0 saturated carbocycles. The van der Waals surface area contributed by atoms with Gasteiger partial charge in [-0.05, 0) is 0 Å². The molecule has 0 aromatic heterocycles. The third-order valence-corrected chi connectivity index (χ3v) is 1.22. The van der Waals surface area contributed by atoms with Crippen molar-refractivity contribution in [2.45, 2.75) is 6.82 Å². The molecular weight excluding hydrogens is 133 g/mol. The third-order valence-electron chi connectivity index (χ3n) is 1.22. The van der Waals surface area contributed by atoms with Crippen molar-refractivity contribution < 1.29 is 8.78 Å². The molecule has 0 unspecified atom stereocenters. The highest BCUT2D eigenvalue weighted by atomic mass is 19.1. The fourth-order valence-corrected chi connectivity index (χ4v) is 0.742. The fourth-order valence-electron chi connectivity index (χ4n) is 0.742. The van der Waals surface area contributed by atoms with Gasteiger partial charge in [0, 0.05) is 6.07 Å². The van der Waals surface area contributed by atoms with Gasteiger partial charge in [0.05, 0.1) is 0 Å². The molecule has 0 saturated heterocycles. The summed E-state index contributed by atoms with van der Waals surface area (Å²) in [6, 6.07) is 3.42. The molecule has 2 radical (unpaired) electrons. The zero-order valence-electron chi connectivity index (χ0n) is 5.57. The number of halogens is 2. The number of hydrogen-bond donors (Lipinski definition) is 0. The first-order valence-corrected chi connectivity index (χ1v) is 2.98. The van der Waals surface area contributed by atoms with Crippen molar-refractivity contribution in [1.29, 1.82) is 0 Å². The van der Waals surface area contributed by atoms with E-state index >= 15 is 0 Å². The molecule has 0 aliphatic carbocycles. The van der Waals surface area contributed by atoms with Crippen molar-refractivity contribution in [2.75, 3.05) is 0 Å². The van der Waals surface area contributed by atoms with Gasteiger partial charge in [-0.15, -0.1) is 0 Å². The van der Waals surface area contributed by atoms with E-state index < -0.39 is 11.6 Å². The predicted octanol–water partition coefficient (Wildman–Crippen LogP) is 1.34. The molecule has 10 heavy (non-hydrogen) atoms. The molecule has 0 atom stereocenters. The number of hydrogen-bond acceptors (Lipinski definition) is 0. The Kier molecular flexibility index (Phi) is 2.04. The van der Waals surface area contributed by atoms with Crippen molar-refractivity contribution in [3.63, 3.8) is 0 Å². The predicted molar refractivity (Wildman–Crippen MR) is 37.6 cm³/mol. The summed E-state index contributed by atoms with van der Waals surface area (Å²) in [4.78, 5) is 0. The standard InChI is InChI=1S/C7H6BF2/c1-8-5-2-6(9)4-7(10)3-5/h2-4H,1H3/q-1. The first-order valence-electron chi connectivity index (χ1n) is 2.98. The van der Waals surface area contributed by atoms with Crippen molar-refractivity contribution in [3.05, 3.63) is 29.8 Å². The lowest BCUT2D eigenvalue weighted by Gasteiger charge is -2.07.